The van der Waals surface area contributed by atoms with Crippen LogP contribution >= 0.6 is 0 Å². The van der Waals surface area contributed by atoms with Crippen molar-refractivity contribution in [2.45, 2.75) is 26.7 Å². The van der Waals surface area contributed by atoms with Crippen molar-refractivity contribution in [3.63, 3.8) is 0 Å². The van der Waals surface area contributed by atoms with Crippen LogP contribution in [0.25, 0.3) is 0 Å². The minimum atomic E-state index is -0.419. The van der Waals surface area contributed by atoms with Gasteiger partial charge in [-0.2, -0.15) is 5.10 Å². The minimum Gasteiger partial charge on any atom is -0.469 e. The van der Waals surface area contributed by atoms with Crippen LogP contribution in [0, 0.1) is 5.92 Å². The molecule has 0 fully saturated rings. The lowest BCUT2D eigenvalue weighted by atomic mass is 9.99. The zero-order valence-electron chi connectivity index (χ0n) is 10.7. The highest BCUT2D eigenvalue weighted by molar-refractivity contribution is 5.98. The molecule has 0 amide bonds. The second-order valence-corrected chi connectivity index (χ2v) is 4.07. The Balaban J connectivity index is 2.79. The number of ketones is 1. The Morgan fingerprint density at radius 3 is 2.71 bits per heavy atom. The highest BCUT2D eigenvalue weighted by atomic mass is 16.5. The number of nitrogens with zero attached hydrogens (tertiary/aromatic N) is 2. The van der Waals surface area contributed by atoms with Crippen LogP contribution in [-0.2, 0) is 23.0 Å². The normalized spacial score (nSPS) is 12.2. The molecule has 0 saturated heterocycles. The van der Waals surface area contributed by atoms with E-state index in [2.05, 4.69) is 9.84 Å². The van der Waals surface area contributed by atoms with Crippen LogP contribution in [0.4, 0.5) is 0 Å². The molecule has 17 heavy (non-hydrogen) atoms. The molecule has 0 spiro atoms. The van der Waals surface area contributed by atoms with Gasteiger partial charge in [0, 0.05) is 19.7 Å². The van der Waals surface area contributed by atoms with Crippen molar-refractivity contribution in [3.8, 4) is 0 Å². The minimum absolute atomic E-state index is 0.0622. The lowest BCUT2D eigenvalue weighted by Gasteiger charge is -2.07. The molecule has 0 aliphatic carbocycles. The number of rotatable bonds is 5. The lowest BCUT2D eigenvalue weighted by molar-refractivity contribution is -0.144. The van der Waals surface area contributed by atoms with Gasteiger partial charge in [-0.15, -0.1) is 0 Å². The highest BCUT2D eigenvalue weighted by Gasteiger charge is 2.21. The Bertz CT molecular complexity index is 423. The van der Waals surface area contributed by atoms with Crippen molar-refractivity contribution in [2.24, 2.45) is 13.0 Å². The molecule has 1 rings (SSSR count). The molecule has 0 radical (unpaired) electrons. The summed E-state index contributed by atoms with van der Waals surface area (Å²) in [5.41, 5.74) is 1.38. The largest absolute Gasteiger partial charge is 0.469 e. The molecule has 1 atom stereocenters. The fourth-order valence-electron chi connectivity index (χ4n) is 1.70. The fraction of sp³-hybridized carbons (Fsp3) is 0.583. The van der Waals surface area contributed by atoms with Gasteiger partial charge in [0.25, 0.3) is 0 Å². The average Bonchev–Trinajstić information content (AvgIpc) is 2.69. The first-order valence-electron chi connectivity index (χ1n) is 5.63. The van der Waals surface area contributed by atoms with Gasteiger partial charge in [-0.25, -0.2) is 0 Å². The molecule has 94 valence electrons. The molecule has 0 aromatic carbocycles. The highest BCUT2D eigenvalue weighted by Crippen LogP contribution is 2.14. The van der Waals surface area contributed by atoms with Gasteiger partial charge in [0.1, 0.15) is 0 Å². The Labute approximate surface area is 101 Å². The summed E-state index contributed by atoms with van der Waals surface area (Å²) >= 11 is 0. The SMILES string of the molecule is CCc1nn(C)cc1C(=O)CC(C)C(=O)OC. The number of aromatic nitrogens is 2. The van der Waals surface area contributed by atoms with Crippen molar-refractivity contribution in [3.05, 3.63) is 17.5 Å². The van der Waals surface area contributed by atoms with Crippen molar-refractivity contribution >= 4 is 11.8 Å². The Morgan fingerprint density at radius 2 is 2.18 bits per heavy atom. The van der Waals surface area contributed by atoms with Gasteiger partial charge < -0.3 is 4.74 Å². The maximum Gasteiger partial charge on any atom is 0.308 e. The zero-order valence-corrected chi connectivity index (χ0v) is 10.7. The maximum atomic E-state index is 12.0. The molecule has 0 aliphatic heterocycles. The van der Waals surface area contributed by atoms with Gasteiger partial charge in [0.15, 0.2) is 5.78 Å². The van der Waals surface area contributed by atoms with Crippen molar-refractivity contribution in [2.75, 3.05) is 7.11 Å². The number of aryl methyl sites for hydroxylation is 2. The quantitative estimate of drug-likeness (QED) is 0.574. The molecular weight excluding hydrogens is 220 g/mol. The van der Waals surface area contributed by atoms with E-state index in [1.165, 1.54) is 7.11 Å². The van der Waals surface area contributed by atoms with E-state index in [4.69, 9.17) is 0 Å². The molecule has 1 aromatic heterocycles. The van der Waals surface area contributed by atoms with Gasteiger partial charge in [0.05, 0.1) is 24.3 Å². The van der Waals surface area contributed by atoms with Crippen LogP contribution in [0.15, 0.2) is 6.20 Å². The molecule has 0 aliphatic rings. The molecule has 1 heterocycles. The fourth-order valence-corrected chi connectivity index (χ4v) is 1.70. The lowest BCUT2D eigenvalue weighted by Crippen LogP contribution is -2.17. The van der Waals surface area contributed by atoms with Crippen LogP contribution < -0.4 is 0 Å². The van der Waals surface area contributed by atoms with E-state index in [9.17, 15) is 9.59 Å². The number of carbonyl (C=O) groups is 2. The third-order valence-corrected chi connectivity index (χ3v) is 2.64. The first-order valence-corrected chi connectivity index (χ1v) is 5.63. The van der Waals surface area contributed by atoms with E-state index in [-0.39, 0.29) is 18.2 Å². The van der Waals surface area contributed by atoms with Gasteiger partial charge in [0.2, 0.25) is 0 Å². The van der Waals surface area contributed by atoms with Gasteiger partial charge in [-0.05, 0) is 6.42 Å². The van der Waals surface area contributed by atoms with Gasteiger partial charge in [-0.3, -0.25) is 14.3 Å². The van der Waals surface area contributed by atoms with E-state index in [0.717, 1.165) is 5.69 Å². The summed E-state index contributed by atoms with van der Waals surface area (Å²) in [5, 5.41) is 4.20. The Hall–Kier alpha value is -1.65. The van der Waals surface area contributed by atoms with E-state index in [1.54, 1.807) is 24.9 Å². The molecule has 1 unspecified atom stereocenters. The Morgan fingerprint density at radius 1 is 1.53 bits per heavy atom. The summed E-state index contributed by atoms with van der Waals surface area (Å²) < 4.78 is 6.22. The standard InChI is InChI=1S/C12H18N2O3/c1-5-10-9(7-14(3)13-10)11(15)6-8(2)12(16)17-4/h7-8H,5-6H2,1-4H3. The first-order chi connectivity index (χ1) is 7.99. The molecule has 0 bridgehead atoms. The predicted molar refractivity (Wildman–Crippen MR) is 62.7 cm³/mol. The van der Waals surface area contributed by atoms with Crippen LogP contribution in [0.2, 0.25) is 0 Å². The van der Waals surface area contributed by atoms with Crippen LogP contribution in [0.3, 0.4) is 0 Å². The molecule has 0 N–H and O–H groups in total. The molecule has 5 nitrogen and oxygen atoms in total. The smallest absolute Gasteiger partial charge is 0.308 e. The number of Topliss-reactive ketones (excluding diaryl/α,β-unsaturated/α-hetero) is 1. The monoisotopic (exact) mass is 238 g/mol. The van der Waals surface area contributed by atoms with Gasteiger partial charge >= 0.3 is 5.97 Å². The van der Waals surface area contributed by atoms with E-state index in [0.29, 0.717) is 12.0 Å². The number of carbonyl (C=O) groups excluding carboxylic acids is 2. The summed E-state index contributed by atoms with van der Waals surface area (Å²) in [6.07, 6.45) is 2.56. The summed E-state index contributed by atoms with van der Waals surface area (Å²) in [7, 11) is 3.10. The van der Waals surface area contributed by atoms with Crippen molar-refractivity contribution in [1.29, 1.82) is 0 Å². The Kier molecular flexibility index (Phi) is 4.43. The third kappa shape index (κ3) is 3.15. The van der Waals surface area contributed by atoms with Crippen molar-refractivity contribution in [1.82, 2.24) is 9.78 Å². The van der Waals surface area contributed by atoms with Crippen LogP contribution in [0.5, 0.6) is 0 Å². The number of methoxy groups -OCH3 is 1. The number of esters is 1. The molecular formula is C12H18N2O3. The summed E-state index contributed by atoms with van der Waals surface area (Å²) in [6, 6.07) is 0. The van der Waals surface area contributed by atoms with Crippen LogP contribution in [-0.4, -0.2) is 28.6 Å². The molecule has 1 aromatic rings. The van der Waals surface area contributed by atoms with E-state index >= 15 is 0 Å². The zero-order chi connectivity index (χ0) is 13.0. The van der Waals surface area contributed by atoms with Gasteiger partial charge in [-0.1, -0.05) is 13.8 Å². The maximum absolute atomic E-state index is 12.0. The third-order valence-electron chi connectivity index (χ3n) is 2.64. The first kappa shape index (κ1) is 13.4. The number of hydrogen-bond acceptors (Lipinski definition) is 4. The molecule has 0 saturated carbocycles. The second kappa shape index (κ2) is 5.61. The summed E-state index contributed by atoms with van der Waals surface area (Å²) in [5.74, 6) is -0.842. The summed E-state index contributed by atoms with van der Waals surface area (Å²) in [6.45, 7) is 3.63. The summed E-state index contributed by atoms with van der Waals surface area (Å²) in [4.78, 5) is 23.3. The average molecular weight is 238 g/mol. The number of ether oxygens (including phenoxy) is 1. The molecule has 5 heteroatoms. The second-order valence-electron chi connectivity index (χ2n) is 4.07. The number of hydrogen-bond donors (Lipinski definition) is 0. The predicted octanol–water partition coefficient (Wildman–Crippen LogP) is 1.36. The van der Waals surface area contributed by atoms with E-state index in [1.807, 2.05) is 6.92 Å². The van der Waals surface area contributed by atoms with E-state index < -0.39 is 5.92 Å². The van der Waals surface area contributed by atoms with Crippen LogP contribution in [0.1, 0.15) is 36.3 Å². The topological polar surface area (TPSA) is 61.2 Å². The van der Waals surface area contributed by atoms with Crippen molar-refractivity contribution < 1.29 is 14.3 Å².